The van der Waals surface area contributed by atoms with Crippen molar-refractivity contribution in [1.82, 2.24) is 30.2 Å². The topological polar surface area (TPSA) is 101 Å². The van der Waals surface area contributed by atoms with E-state index in [9.17, 15) is 4.79 Å². The Bertz CT molecular complexity index is 1340. The normalized spacial score (nSPS) is 11.0. The molecule has 9 heteroatoms. The third-order valence-electron chi connectivity index (χ3n) is 4.69. The summed E-state index contributed by atoms with van der Waals surface area (Å²) in [6, 6.07) is 22.4. The van der Waals surface area contributed by atoms with Crippen molar-refractivity contribution in [3.8, 4) is 22.8 Å². The number of halogens is 1. The van der Waals surface area contributed by atoms with Crippen molar-refractivity contribution in [2.75, 3.05) is 5.32 Å². The van der Waals surface area contributed by atoms with Gasteiger partial charge in [0.05, 0.1) is 16.7 Å². The van der Waals surface area contributed by atoms with Gasteiger partial charge >= 0.3 is 0 Å². The molecule has 8 nitrogen and oxygen atoms in total. The summed E-state index contributed by atoms with van der Waals surface area (Å²) >= 11 is 5.91. The Hall–Kier alpha value is -4.04. The molecule has 2 aromatic heterocycles. The van der Waals surface area contributed by atoms with Crippen LogP contribution in [0.4, 0.5) is 5.69 Å². The number of carbonyl (C=O) groups is 1. The lowest BCUT2D eigenvalue weighted by Crippen LogP contribution is -2.20. The molecule has 31 heavy (non-hydrogen) atoms. The molecular formula is C22H16ClN7O. The van der Waals surface area contributed by atoms with Crippen LogP contribution in [0, 0.1) is 0 Å². The van der Waals surface area contributed by atoms with Gasteiger partial charge in [0.25, 0.3) is 0 Å². The molecule has 0 aliphatic rings. The van der Waals surface area contributed by atoms with E-state index in [0.717, 1.165) is 22.2 Å². The first-order valence-electron chi connectivity index (χ1n) is 9.53. The Morgan fingerprint density at radius 2 is 1.77 bits per heavy atom. The molecule has 2 N–H and O–H groups in total. The zero-order valence-electron chi connectivity index (χ0n) is 16.2. The number of amides is 1. The molecular weight excluding hydrogens is 414 g/mol. The molecule has 2 heterocycles. The first kappa shape index (κ1) is 19.0. The quantitative estimate of drug-likeness (QED) is 0.436. The maximum Gasteiger partial charge on any atom is 0.248 e. The fourth-order valence-electron chi connectivity index (χ4n) is 3.22. The summed E-state index contributed by atoms with van der Waals surface area (Å²) in [7, 11) is 0. The minimum absolute atomic E-state index is 0.0744. The number of tetrazole rings is 1. The number of aromatic nitrogens is 6. The lowest BCUT2D eigenvalue weighted by Gasteiger charge is -2.09. The summed E-state index contributed by atoms with van der Waals surface area (Å²) in [5.41, 5.74) is 4.00. The van der Waals surface area contributed by atoms with Gasteiger partial charge < -0.3 is 10.3 Å². The highest BCUT2D eigenvalue weighted by molar-refractivity contribution is 6.30. The van der Waals surface area contributed by atoms with Crippen LogP contribution in [0.5, 0.6) is 0 Å². The van der Waals surface area contributed by atoms with Gasteiger partial charge in [0.15, 0.2) is 0 Å². The third-order valence-corrected chi connectivity index (χ3v) is 4.94. The smallest absolute Gasteiger partial charge is 0.248 e. The summed E-state index contributed by atoms with van der Waals surface area (Å²) in [5, 5.41) is 15.8. The van der Waals surface area contributed by atoms with Crippen molar-refractivity contribution in [2.24, 2.45) is 0 Å². The van der Waals surface area contributed by atoms with Crippen molar-refractivity contribution in [3.05, 3.63) is 77.8 Å². The molecule has 0 spiro atoms. The van der Waals surface area contributed by atoms with Gasteiger partial charge in [-0.25, -0.2) is 4.98 Å². The van der Waals surface area contributed by atoms with E-state index in [0.29, 0.717) is 22.4 Å². The van der Waals surface area contributed by atoms with Gasteiger partial charge in [-0.05, 0) is 53.7 Å². The molecule has 0 unspecified atom stereocenters. The van der Waals surface area contributed by atoms with Gasteiger partial charge in [0.2, 0.25) is 11.7 Å². The van der Waals surface area contributed by atoms with E-state index in [-0.39, 0.29) is 12.5 Å². The number of hydrogen-bond acceptors (Lipinski definition) is 5. The number of fused-ring (bicyclic) bond motifs is 1. The highest BCUT2D eigenvalue weighted by atomic mass is 35.5. The molecule has 0 saturated heterocycles. The zero-order chi connectivity index (χ0) is 21.2. The summed E-state index contributed by atoms with van der Waals surface area (Å²) < 4.78 is 0. The second-order valence-corrected chi connectivity index (χ2v) is 7.28. The van der Waals surface area contributed by atoms with Crippen LogP contribution < -0.4 is 5.32 Å². The number of anilines is 1. The van der Waals surface area contributed by atoms with Gasteiger partial charge in [0.1, 0.15) is 12.4 Å². The lowest BCUT2D eigenvalue weighted by molar-refractivity contribution is -0.117. The van der Waals surface area contributed by atoms with Gasteiger partial charge in [-0.15, -0.1) is 10.2 Å². The second-order valence-electron chi connectivity index (χ2n) is 6.85. The largest absolute Gasteiger partial charge is 0.338 e. The molecule has 0 atom stereocenters. The lowest BCUT2D eigenvalue weighted by atomic mass is 10.1. The predicted molar refractivity (Wildman–Crippen MR) is 118 cm³/mol. The molecule has 0 fully saturated rings. The maximum absolute atomic E-state index is 12.6. The minimum atomic E-state index is -0.274. The zero-order valence-corrected chi connectivity index (χ0v) is 16.9. The summed E-state index contributed by atoms with van der Waals surface area (Å²) in [6.45, 7) is -0.0744. The molecule has 1 amide bonds. The van der Waals surface area contributed by atoms with Crippen LogP contribution in [0.25, 0.3) is 33.8 Å². The van der Waals surface area contributed by atoms with Crippen LogP contribution in [0.3, 0.4) is 0 Å². The highest BCUT2D eigenvalue weighted by Gasteiger charge is 2.14. The minimum Gasteiger partial charge on any atom is -0.338 e. The number of rotatable bonds is 5. The van der Waals surface area contributed by atoms with Gasteiger partial charge in [-0.1, -0.05) is 35.9 Å². The maximum atomic E-state index is 12.6. The Balaban J connectivity index is 1.34. The van der Waals surface area contributed by atoms with E-state index in [1.807, 2.05) is 48.5 Å². The fourth-order valence-corrected chi connectivity index (χ4v) is 3.35. The number of H-pyrrole nitrogens is 1. The van der Waals surface area contributed by atoms with E-state index in [2.05, 4.69) is 30.7 Å². The molecule has 152 valence electrons. The monoisotopic (exact) mass is 429 g/mol. The Kier molecular flexibility index (Phi) is 4.89. The van der Waals surface area contributed by atoms with Crippen LogP contribution in [0.2, 0.25) is 5.02 Å². The first-order chi connectivity index (χ1) is 15.2. The van der Waals surface area contributed by atoms with E-state index in [1.54, 1.807) is 24.3 Å². The number of benzene rings is 3. The molecule has 0 aliphatic heterocycles. The summed E-state index contributed by atoms with van der Waals surface area (Å²) in [5.74, 6) is 0.830. The van der Waals surface area contributed by atoms with Crippen molar-refractivity contribution in [2.45, 2.75) is 6.54 Å². The third kappa shape index (κ3) is 4.01. The van der Waals surface area contributed by atoms with Crippen LogP contribution in [0.15, 0.2) is 72.8 Å². The number of para-hydroxylation sites is 3. The highest BCUT2D eigenvalue weighted by Crippen LogP contribution is 2.27. The van der Waals surface area contributed by atoms with Crippen LogP contribution in [-0.4, -0.2) is 36.1 Å². The van der Waals surface area contributed by atoms with Crippen molar-refractivity contribution < 1.29 is 4.79 Å². The van der Waals surface area contributed by atoms with Crippen molar-refractivity contribution in [3.63, 3.8) is 0 Å². The predicted octanol–water partition coefficient (Wildman–Crippen LogP) is 4.18. The molecule has 3 aromatic carbocycles. The molecule has 0 bridgehead atoms. The number of aromatic amines is 1. The van der Waals surface area contributed by atoms with Crippen LogP contribution in [0.1, 0.15) is 0 Å². The van der Waals surface area contributed by atoms with Crippen LogP contribution >= 0.6 is 11.6 Å². The Morgan fingerprint density at radius 3 is 2.61 bits per heavy atom. The second kappa shape index (κ2) is 8.00. The number of imidazole rings is 1. The number of nitrogens with zero attached hydrogens (tertiary/aromatic N) is 5. The average Bonchev–Trinajstić information content (AvgIpc) is 3.41. The van der Waals surface area contributed by atoms with E-state index in [1.165, 1.54) is 4.80 Å². The summed E-state index contributed by atoms with van der Waals surface area (Å²) in [4.78, 5) is 21.8. The van der Waals surface area contributed by atoms with Gasteiger partial charge in [-0.3, -0.25) is 4.79 Å². The van der Waals surface area contributed by atoms with Gasteiger partial charge in [0, 0.05) is 16.1 Å². The average molecular weight is 430 g/mol. The van der Waals surface area contributed by atoms with Crippen molar-refractivity contribution in [1.29, 1.82) is 0 Å². The number of carbonyl (C=O) groups excluding carboxylic acids is 1. The SMILES string of the molecule is O=C(Cn1nnc(-c2ccc(Cl)cc2)n1)Nc1ccccc1-c1nc2ccccc2[nH]1. The van der Waals surface area contributed by atoms with Crippen molar-refractivity contribution >= 4 is 34.2 Å². The van der Waals surface area contributed by atoms with E-state index in [4.69, 9.17) is 11.6 Å². The molecule has 5 aromatic rings. The fraction of sp³-hybridized carbons (Fsp3) is 0.0455. The standard InChI is InChI=1S/C22H16ClN7O/c23-15-11-9-14(10-12-15)21-27-29-30(28-21)13-20(31)24-17-6-2-1-5-16(17)22-25-18-7-3-4-8-19(18)26-22/h1-12H,13H2,(H,24,31)(H,25,26). The first-order valence-corrected chi connectivity index (χ1v) is 9.91. The Labute approximate surface area is 181 Å². The molecule has 0 aliphatic carbocycles. The van der Waals surface area contributed by atoms with Gasteiger partial charge in [-0.2, -0.15) is 4.80 Å². The molecule has 5 rings (SSSR count). The number of nitrogens with one attached hydrogen (secondary N) is 2. The molecule has 0 saturated carbocycles. The van der Waals surface area contributed by atoms with E-state index >= 15 is 0 Å². The van der Waals surface area contributed by atoms with E-state index < -0.39 is 0 Å². The number of hydrogen-bond donors (Lipinski definition) is 2. The molecule has 0 radical (unpaired) electrons. The van der Waals surface area contributed by atoms with Crippen LogP contribution in [-0.2, 0) is 11.3 Å². The summed E-state index contributed by atoms with van der Waals surface area (Å²) in [6.07, 6.45) is 0. The Morgan fingerprint density at radius 1 is 1.00 bits per heavy atom.